The van der Waals surface area contributed by atoms with E-state index in [0.717, 1.165) is 38.9 Å². The lowest BCUT2D eigenvalue weighted by Crippen LogP contribution is -2.25. The number of carbonyl (C=O) groups excluding carboxylic acids is 1. The Morgan fingerprint density at radius 3 is 2.58 bits per heavy atom. The van der Waals surface area contributed by atoms with Crippen LogP contribution in [0.2, 0.25) is 0 Å². The minimum atomic E-state index is -0.255. The molecule has 0 fully saturated rings. The van der Waals surface area contributed by atoms with Gasteiger partial charge in [0.05, 0.1) is 18.7 Å². The molecule has 2 heterocycles. The van der Waals surface area contributed by atoms with Crippen LogP contribution in [0.5, 0.6) is 11.5 Å². The van der Waals surface area contributed by atoms with Crippen molar-refractivity contribution in [3.63, 3.8) is 0 Å². The molecule has 0 spiro atoms. The van der Waals surface area contributed by atoms with Crippen LogP contribution >= 0.6 is 0 Å². The number of amides is 1. The maximum atomic E-state index is 12.6. The maximum absolute atomic E-state index is 12.6. The van der Waals surface area contributed by atoms with E-state index in [9.17, 15) is 4.79 Å². The van der Waals surface area contributed by atoms with E-state index in [1.54, 1.807) is 6.07 Å². The van der Waals surface area contributed by atoms with Crippen molar-refractivity contribution in [2.45, 2.75) is 27.2 Å². The fraction of sp³-hybridized carbons (Fsp3) is 0.280. The van der Waals surface area contributed by atoms with Gasteiger partial charge in [-0.1, -0.05) is 18.2 Å². The van der Waals surface area contributed by atoms with Gasteiger partial charge in [-0.25, -0.2) is 4.98 Å². The van der Waals surface area contributed by atoms with Crippen LogP contribution in [0.4, 0.5) is 0 Å². The lowest BCUT2D eigenvalue weighted by atomic mass is 10.1. The number of benzene rings is 2. The lowest BCUT2D eigenvalue weighted by Gasteiger charge is -2.12. The average molecular weight is 418 g/mol. The van der Waals surface area contributed by atoms with E-state index in [2.05, 4.69) is 10.3 Å². The molecule has 6 heteroatoms. The van der Waals surface area contributed by atoms with Crippen LogP contribution in [0, 0.1) is 6.92 Å². The number of aryl methyl sites for hydroxylation is 1. The molecule has 4 aromatic rings. The quantitative estimate of drug-likeness (QED) is 0.433. The number of pyridine rings is 1. The van der Waals surface area contributed by atoms with E-state index in [0.29, 0.717) is 31.9 Å². The molecule has 6 nitrogen and oxygen atoms in total. The number of hydrogen-bond donors (Lipinski definition) is 1. The van der Waals surface area contributed by atoms with Gasteiger partial charge in [0.1, 0.15) is 0 Å². The highest BCUT2D eigenvalue weighted by Crippen LogP contribution is 2.28. The summed E-state index contributed by atoms with van der Waals surface area (Å²) in [5.41, 5.74) is 3.51. The van der Waals surface area contributed by atoms with Gasteiger partial charge in [-0.2, -0.15) is 0 Å². The monoisotopic (exact) mass is 418 g/mol. The molecule has 1 amide bonds. The highest BCUT2D eigenvalue weighted by Gasteiger charge is 2.14. The van der Waals surface area contributed by atoms with Crippen molar-refractivity contribution in [1.82, 2.24) is 10.3 Å². The summed E-state index contributed by atoms with van der Waals surface area (Å²) >= 11 is 0. The SMILES string of the molecule is CCOc1ccc(CCNC(=O)c2cc3cc4ccc(C)cc4nc3o2)cc1OCC. The highest BCUT2D eigenvalue weighted by molar-refractivity contribution is 5.98. The fourth-order valence-corrected chi connectivity index (χ4v) is 3.51. The summed E-state index contributed by atoms with van der Waals surface area (Å²) < 4.78 is 17.0. The number of nitrogens with zero attached hydrogens (tertiary/aromatic N) is 1. The zero-order valence-electron chi connectivity index (χ0n) is 18.0. The molecule has 0 atom stereocenters. The van der Waals surface area contributed by atoms with Crippen molar-refractivity contribution < 1.29 is 18.7 Å². The van der Waals surface area contributed by atoms with Crippen molar-refractivity contribution in [2.24, 2.45) is 0 Å². The van der Waals surface area contributed by atoms with E-state index in [-0.39, 0.29) is 11.7 Å². The first-order valence-electron chi connectivity index (χ1n) is 10.5. The first-order valence-corrected chi connectivity index (χ1v) is 10.5. The topological polar surface area (TPSA) is 73.6 Å². The second kappa shape index (κ2) is 9.08. The molecule has 0 aliphatic rings. The number of carbonyl (C=O) groups is 1. The first kappa shape index (κ1) is 20.7. The number of hydrogen-bond acceptors (Lipinski definition) is 5. The van der Waals surface area contributed by atoms with Crippen molar-refractivity contribution in [1.29, 1.82) is 0 Å². The predicted octanol–water partition coefficient (Wildman–Crippen LogP) is 5.06. The molecule has 0 aliphatic heterocycles. The summed E-state index contributed by atoms with van der Waals surface area (Å²) in [6, 6.07) is 15.6. The van der Waals surface area contributed by atoms with Gasteiger partial charge in [-0.15, -0.1) is 0 Å². The molecule has 0 radical (unpaired) electrons. The third-order valence-corrected chi connectivity index (χ3v) is 4.99. The van der Waals surface area contributed by atoms with Crippen LogP contribution in [0.1, 0.15) is 35.5 Å². The largest absolute Gasteiger partial charge is 0.490 e. The summed E-state index contributed by atoms with van der Waals surface area (Å²) in [4.78, 5) is 17.1. The first-order chi connectivity index (χ1) is 15.1. The lowest BCUT2D eigenvalue weighted by molar-refractivity contribution is 0.0928. The standard InChI is InChI=1S/C25H26N2O4/c1-4-29-21-9-7-17(13-22(21)30-5-2)10-11-26-24(28)23-15-19-14-18-8-6-16(3)12-20(18)27-25(19)31-23/h6-9,12-15H,4-5,10-11H2,1-3H3,(H,26,28). The molecule has 0 saturated heterocycles. The van der Waals surface area contributed by atoms with Crippen molar-refractivity contribution >= 4 is 27.9 Å². The third kappa shape index (κ3) is 4.63. The molecule has 1 N–H and O–H groups in total. The second-order valence-corrected chi connectivity index (χ2v) is 7.34. The van der Waals surface area contributed by atoms with Gasteiger partial charge in [-0.05, 0) is 68.7 Å². The maximum Gasteiger partial charge on any atom is 0.287 e. The molecular formula is C25H26N2O4. The normalized spacial score (nSPS) is 11.1. The Hall–Kier alpha value is -3.54. The number of aromatic nitrogens is 1. The third-order valence-electron chi connectivity index (χ3n) is 4.99. The number of furan rings is 1. The van der Waals surface area contributed by atoms with Gasteiger partial charge in [0, 0.05) is 17.3 Å². The summed E-state index contributed by atoms with van der Waals surface area (Å²) in [5.74, 6) is 1.46. The van der Waals surface area contributed by atoms with Gasteiger partial charge in [0.2, 0.25) is 5.71 Å². The summed E-state index contributed by atoms with van der Waals surface area (Å²) in [6.07, 6.45) is 0.667. The molecular weight excluding hydrogens is 392 g/mol. The van der Waals surface area contributed by atoms with E-state index >= 15 is 0 Å². The Bertz CT molecular complexity index is 1230. The van der Waals surface area contributed by atoms with Gasteiger partial charge in [0.15, 0.2) is 17.3 Å². The molecule has 4 rings (SSSR count). The van der Waals surface area contributed by atoms with Crippen LogP contribution in [0.15, 0.2) is 52.9 Å². The molecule has 2 aromatic heterocycles. The zero-order valence-corrected chi connectivity index (χ0v) is 18.0. The number of nitrogens with one attached hydrogen (secondary N) is 1. The average Bonchev–Trinajstić information content (AvgIpc) is 3.17. The Labute approximate surface area is 181 Å². The Morgan fingerprint density at radius 1 is 0.968 bits per heavy atom. The molecule has 160 valence electrons. The number of fused-ring (bicyclic) bond motifs is 2. The molecule has 0 aliphatic carbocycles. The Balaban J connectivity index is 1.43. The minimum Gasteiger partial charge on any atom is -0.490 e. The van der Waals surface area contributed by atoms with Crippen LogP contribution < -0.4 is 14.8 Å². The Kier molecular flexibility index (Phi) is 6.07. The second-order valence-electron chi connectivity index (χ2n) is 7.34. The molecule has 0 unspecified atom stereocenters. The van der Waals surface area contributed by atoms with Gasteiger partial charge in [-0.3, -0.25) is 4.79 Å². The fourth-order valence-electron chi connectivity index (χ4n) is 3.51. The van der Waals surface area contributed by atoms with Crippen molar-refractivity contribution in [2.75, 3.05) is 19.8 Å². The van der Waals surface area contributed by atoms with Crippen molar-refractivity contribution in [3.05, 3.63) is 65.4 Å². The molecule has 0 bridgehead atoms. The summed E-state index contributed by atoms with van der Waals surface area (Å²) in [5, 5.41) is 4.75. The van der Waals surface area contributed by atoms with Crippen LogP contribution in [-0.2, 0) is 6.42 Å². The van der Waals surface area contributed by atoms with Crippen LogP contribution in [0.3, 0.4) is 0 Å². The van der Waals surface area contributed by atoms with E-state index in [1.807, 2.05) is 63.2 Å². The summed E-state index contributed by atoms with van der Waals surface area (Å²) in [6.45, 7) is 7.52. The smallest absolute Gasteiger partial charge is 0.287 e. The van der Waals surface area contributed by atoms with E-state index in [4.69, 9.17) is 13.9 Å². The van der Waals surface area contributed by atoms with Gasteiger partial charge < -0.3 is 19.2 Å². The van der Waals surface area contributed by atoms with Crippen molar-refractivity contribution in [3.8, 4) is 11.5 Å². The molecule has 31 heavy (non-hydrogen) atoms. The Morgan fingerprint density at radius 2 is 1.77 bits per heavy atom. The van der Waals surface area contributed by atoms with E-state index < -0.39 is 0 Å². The molecule has 0 saturated carbocycles. The zero-order chi connectivity index (χ0) is 21.8. The minimum absolute atomic E-state index is 0.255. The van der Waals surface area contributed by atoms with Crippen LogP contribution in [0.25, 0.3) is 22.0 Å². The summed E-state index contributed by atoms with van der Waals surface area (Å²) in [7, 11) is 0. The highest BCUT2D eigenvalue weighted by atomic mass is 16.5. The molecule has 2 aromatic carbocycles. The van der Waals surface area contributed by atoms with Gasteiger partial charge >= 0.3 is 0 Å². The number of rotatable bonds is 8. The number of ether oxygens (including phenoxy) is 2. The predicted molar refractivity (Wildman–Crippen MR) is 121 cm³/mol. The van der Waals surface area contributed by atoms with E-state index in [1.165, 1.54) is 0 Å². The van der Waals surface area contributed by atoms with Gasteiger partial charge in [0.25, 0.3) is 5.91 Å². The van der Waals surface area contributed by atoms with Crippen LogP contribution in [-0.4, -0.2) is 30.6 Å².